The van der Waals surface area contributed by atoms with Crippen LogP contribution < -0.4 is 4.90 Å². The lowest BCUT2D eigenvalue weighted by atomic mass is 10.2. The summed E-state index contributed by atoms with van der Waals surface area (Å²) < 4.78 is 18.4. The van der Waals surface area contributed by atoms with Gasteiger partial charge in [-0.15, -0.1) is 11.8 Å². The Morgan fingerprint density at radius 3 is 2.67 bits per heavy atom. The molecule has 1 fully saturated rings. The summed E-state index contributed by atoms with van der Waals surface area (Å²) in [5.41, 5.74) is 0.931. The van der Waals surface area contributed by atoms with Crippen LogP contribution >= 0.6 is 11.8 Å². The minimum atomic E-state index is -0.375. The van der Waals surface area contributed by atoms with E-state index in [1.54, 1.807) is 30.8 Å². The fourth-order valence-corrected chi connectivity index (χ4v) is 4.50. The first-order valence-electron chi connectivity index (χ1n) is 9.65. The highest BCUT2D eigenvalue weighted by Gasteiger charge is 2.35. The highest BCUT2D eigenvalue weighted by atomic mass is 32.2. The Kier molecular flexibility index (Phi) is 8.57. The molecule has 1 aromatic carbocycles. The zero-order chi connectivity index (χ0) is 19.8. The quantitative estimate of drug-likeness (QED) is 0.648. The fraction of sp³-hybridized carbons (Fsp3) is 0.600. The Balaban J connectivity index is 2.08. The summed E-state index contributed by atoms with van der Waals surface area (Å²) in [5.74, 6) is 0.336. The first-order chi connectivity index (χ1) is 13.0. The molecule has 0 radical (unpaired) electrons. The van der Waals surface area contributed by atoms with Crippen molar-refractivity contribution < 1.29 is 23.6 Å². The van der Waals surface area contributed by atoms with Crippen molar-refractivity contribution in [3.8, 4) is 0 Å². The Morgan fingerprint density at radius 1 is 1.33 bits per heavy atom. The first-order valence-corrected chi connectivity index (χ1v) is 10.7. The van der Waals surface area contributed by atoms with Gasteiger partial charge in [-0.1, -0.05) is 25.5 Å². The number of carbonyl (C=O) groups excluding carboxylic acids is 2. The van der Waals surface area contributed by atoms with Crippen LogP contribution in [0.15, 0.2) is 24.3 Å². The number of halogens is 1. The second kappa shape index (κ2) is 10.7. The summed E-state index contributed by atoms with van der Waals surface area (Å²) in [7, 11) is 0. The normalized spacial score (nSPS) is 19.0. The van der Waals surface area contributed by atoms with Gasteiger partial charge in [0.05, 0.1) is 13.2 Å². The SMILES string of the molecule is CCCC[NH+](CC(=O)N1CCS[C@@H]1c1ccc(F)cc1)[C@@H](C)C(=O)OCC. The summed E-state index contributed by atoms with van der Waals surface area (Å²) in [6, 6.07) is 5.96. The number of benzene rings is 1. The number of nitrogens with one attached hydrogen (secondary N) is 1. The Hall–Kier alpha value is -1.60. The molecule has 150 valence electrons. The molecular weight excluding hydrogens is 367 g/mol. The number of quaternary nitrogens is 1. The molecule has 7 heteroatoms. The number of ether oxygens (including phenoxy) is 1. The number of carbonyl (C=O) groups is 2. The van der Waals surface area contributed by atoms with Gasteiger partial charge in [0, 0.05) is 12.3 Å². The molecule has 1 aliphatic rings. The van der Waals surface area contributed by atoms with Crippen molar-refractivity contribution in [2.24, 2.45) is 0 Å². The Morgan fingerprint density at radius 2 is 2.04 bits per heavy atom. The van der Waals surface area contributed by atoms with Crippen LogP contribution in [0.3, 0.4) is 0 Å². The first kappa shape index (κ1) is 21.7. The number of rotatable bonds is 9. The predicted molar refractivity (Wildman–Crippen MR) is 105 cm³/mol. The van der Waals surface area contributed by atoms with Crippen molar-refractivity contribution in [1.82, 2.24) is 4.90 Å². The smallest absolute Gasteiger partial charge is 0.364 e. The standard InChI is InChI=1S/C20H29FN2O3S/c1-4-6-11-22(15(3)20(25)26-5-2)14-18(24)23-12-13-27-19(23)16-7-9-17(21)10-8-16/h7-10,15,19H,4-6,11-14H2,1-3H3/p+1/t15-,19+/m0/s1. The summed E-state index contributed by atoms with van der Waals surface area (Å²) in [6.07, 6.45) is 1.95. The molecule has 5 nitrogen and oxygen atoms in total. The average Bonchev–Trinajstić information content (AvgIpc) is 3.15. The minimum absolute atomic E-state index is 0.0246. The van der Waals surface area contributed by atoms with E-state index in [2.05, 4.69) is 6.92 Å². The average molecular weight is 398 g/mol. The maximum Gasteiger partial charge on any atom is 0.364 e. The van der Waals surface area contributed by atoms with Crippen LogP contribution in [0.1, 0.15) is 44.6 Å². The third-order valence-corrected chi connectivity index (χ3v) is 6.11. The maximum absolute atomic E-state index is 13.2. The topological polar surface area (TPSA) is 51.0 Å². The molecule has 3 atom stereocenters. The molecule has 1 saturated heterocycles. The molecule has 1 aromatic rings. The Bertz CT molecular complexity index is 626. The van der Waals surface area contributed by atoms with Crippen molar-refractivity contribution >= 4 is 23.6 Å². The van der Waals surface area contributed by atoms with Gasteiger partial charge in [0.2, 0.25) is 0 Å². The number of thioether (sulfide) groups is 1. The zero-order valence-corrected chi connectivity index (χ0v) is 17.2. The lowest BCUT2D eigenvalue weighted by Crippen LogP contribution is -3.17. The molecule has 1 unspecified atom stereocenters. The third-order valence-electron chi connectivity index (χ3n) is 4.85. The van der Waals surface area contributed by atoms with Gasteiger partial charge in [-0.05, 0) is 38.0 Å². The molecule has 0 saturated carbocycles. The van der Waals surface area contributed by atoms with Gasteiger partial charge < -0.3 is 14.5 Å². The highest BCUT2D eigenvalue weighted by molar-refractivity contribution is 7.99. The summed E-state index contributed by atoms with van der Waals surface area (Å²) in [4.78, 5) is 28.0. The molecular formula is C20H30FN2O3S+. The van der Waals surface area contributed by atoms with E-state index in [0.29, 0.717) is 13.2 Å². The van der Waals surface area contributed by atoms with Gasteiger partial charge in [-0.25, -0.2) is 9.18 Å². The van der Waals surface area contributed by atoms with E-state index < -0.39 is 0 Å². The van der Waals surface area contributed by atoms with Gasteiger partial charge in [-0.2, -0.15) is 0 Å². The van der Waals surface area contributed by atoms with E-state index in [1.165, 1.54) is 12.1 Å². The number of unbranched alkanes of at least 4 members (excludes halogenated alkanes) is 1. The van der Waals surface area contributed by atoms with Crippen LogP contribution in [0.5, 0.6) is 0 Å². The number of esters is 1. The molecule has 27 heavy (non-hydrogen) atoms. The predicted octanol–water partition coefficient (Wildman–Crippen LogP) is 2.04. The molecule has 1 aliphatic heterocycles. The van der Waals surface area contributed by atoms with E-state index in [4.69, 9.17) is 4.74 Å². The monoisotopic (exact) mass is 397 g/mol. The molecule has 1 heterocycles. The molecule has 0 aromatic heterocycles. The molecule has 0 bridgehead atoms. The van der Waals surface area contributed by atoms with Crippen LogP contribution in [-0.2, 0) is 14.3 Å². The zero-order valence-electron chi connectivity index (χ0n) is 16.4. The number of amides is 1. The molecule has 1 amide bonds. The Labute approximate surface area is 165 Å². The molecule has 1 N–H and O–H groups in total. The third kappa shape index (κ3) is 5.94. The second-order valence-corrected chi connectivity index (χ2v) is 7.96. The number of hydrogen-bond acceptors (Lipinski definition) is 4. The number of hydrogen-bond donors (Lipinski definition) is 1. The van der Waals surface area contributed by atoms with Crippen LogP contribution in [0.4, 0.5) is 4.39 Å². The van der Waals surface area contributed by atoms with E-state index >= 15 is 0 Å². The lowest BCUT2D eigenvalue weighted by molar-refractivity contribution is -0.907. The minimum Gasteiger partial charge on any atom is -0.462 e. The van der Waals surface area contributed by atoms with E-state index in [1.807, 2.05) is 11.8 Å². The van der Waals surface area contributed by atoms with Crippen LogP contribution in [-0.4, -0.2) is 54.8 Å². The van der Waals surface area contributed by atoms with Crippen LogP contribution in [0.25, 0.3) is 0 Å². The van der Waals surface area contributed by atoms with E-state index in [0.717, 1.165) is 35.6 Å². The van der Waals surface area contributed by atoms with E-state index in [-0.39, 0.29) is 35.7 Å². The van der Waals surface area contributed by atoms with Crippen LogP contribution in [0.2, 0.25) is 0 Å². The lowest BCUT2D eigenvalue weighted by Gasteiger charge is -2.28. The van der Waals surface area contributed by atoms with Gasteiger partial charge >= 0.3 is 5.97 Å². The summed E-state index contributed by atoms with van der Waals surface area (Å²) in [5, 5.41) is -0.0941. The summed E-state index contributed by atoms with van der Waals surface area (Å²) >= 11 is 1.69. The van der Waals surface area contributed by atoms with Crippen LogP contribution in [0, 0.1) is 5.82 Å². The molecule has 0 spiro atoms. The fourth-order valence-electron chi connectivity index (χ4n) is 3.22. The highest BCUT2D eigenvalue weighted by Crippen LogP contribution is 2.37. The van der Waals surface area contributed by atoms with Gasteiger partial charge in [0.15, 0.2) is 12.6 Å². The van der Waals surface area contributed by atoms with Crippen molar-refractivity contribution in [2.45, 2.75) is 45.0 Å². The molecule has 0 aliphatic carbocycles. The maximum atomic E-state index is 13.2. The van der Waals surface area contributed by atoms with Crippen molar-refractivity contribution in [3.05, 3.63) is 35.6 Å². The second-order valence-electron chi connectivity index (χ2n) is 6.77. The van der Waals surface area contributed by atoms with Crippen molar-refractivity contribution in [1.29, 1.82) is 0 Å². The van der Waals surface area contributed by atoms with E-state index in [9.17, 15) is 14.0 Å². The molecule has 2 rings (SSSR count). The largest absolute Gasteiger partial charge is 0.462 e. The van der Waals surface area contributed by atoms with Crippen molar-refractivity contribution in [3.63, 3.8) is 0 Å². The van der Waals surface area contributed by atoms with Gasteiger partial charge in [-0.3, -0.25) is 4.79 Å². The number of nitrogens with zero attached hydrogens (tertiary/aromatic N) is 1. The summed E-state index contributed by atoms with van der Waals surface area (Å²) in [6.45, 7) is 7.73. The van der Waals surface area contributed by atoms with Crippen molar-refractivity contribution in [2.75, 3.05) is 32.0 Å². The van der Waals surface area contributed by atoms with Gasteiger partial charge in [0.1, 0.15) is 11.2 Å². The van der Waals surface area contributed by atoms with Gasteiger partial charge in [0.25, 0.3) is 5.91 Å².